The number of aromatic hydroxyl groups is 1. The Morgan fingerprint density at radius 1 is 1.11 bits per heavy atom. The third kappa shape index (κ3) is 4.58. The molecule has 3 saturated heterocycles. The molecule has 6 heterocycles. The maximum absolute atomic E-state index is 16.9. The Kier molecular flexibility index (Phi) is 6.86. The molecule has 0 bridgehead atoms. The summed E-state index contributed by atoms with van der Waals surface area (Å²) in [6.45, 7) is 1.69. The van der Waals surface area contributed by atoms with Gasteiger partial charge in [-0.15, -0.1) is 6.42 Å². The van der Waals surface area contributed by atoms with Crippen LogP contribution in [0.2, 0.25) is 0 Å². The van der Waals surface area contributed by atoms with E-state index in [1.165, 1.54) is 24.3 Å². The fraction of sp³-hybridized carbons (Fsp3) is 0.424. The normalized spacial score (nSPS) is 25.9. The van der Waals surface area contributed by atoms with Gasteiger partial charge in [-0.25, -0.2) is 18.2 Å². The lowest BCUT2D eigenvalue weighted by Crippen LogP contribution is -2.44. The smallest absolute Gasteiger partial charge is 0.319 e. The zero-order chi connectivity index (χ0) is 31.7. The average Bonchev–Trinajstić information content (AvgIpc) is 3.43. The van der Waals surface area contributed by atoms with E-state index in [2.05, 4.69) is 20.8 Å². The van der Waals surface area contributed by atoms with Gasteiger partial charge in [-0.05, 0) is 43.0 Å². The Labute approximate surface area is 261 Å². The van der Waals surface area contributed by atoms with Gasteiger partial charge in [0.2, 0.25) is 5.88 Å². The molecule has 8 rings (SSSR count). The Bertz CT molecular complexity index is 1940. The maximum atomic E-state index is 16.9. The van der Waals surface area contributed by atoms with Crippen molar-refractivity contribution in [2.24, 2.45) is 0 Å². The van der Waals surface area contributed by atoms with Crippen LogP contribution in [0.5, 0.6) is 17.6 Å². The molecule has 13 heteroatoms. The fourth-order valence-corrected chi connectivity index (χ4v) is 7.49. The second-order valence-electron chi connectivity index (χ2n) is 12.5. The average molecular weight is 634 g/mol. The lowest BCUT2D eigenvalue weighted by atomic mass is 9.95. The number of phenols is 1. The van der Waals surface area contributed by atoms with Crippen molar-refractivity contribution in [2.75, 3.05) is 51.0 Å². The van der Waals surface area contributed by atoms with Crippen molar-refractivity contribution in [3.8, 4) is 41.2 Å². The zero-order valence-corrected chi connectivity index (χ0v) is 24.7. The summed E-state index contributed by atoms with van der Waals surface area (Å²) < 4.78 is 64.3. The minimum absolute atomic E-state index is 0.00212. The Morgan fingerprint density at radius 2 is 1.98 bits per heavy atom. The molecule has 46 heavy (non-hydrogen) atoms. The lowest BCUT2D eigenvalue weighted by molar-refractivity contribution is 0.0509. The van der Waals surface area contributed by atoms with Gasteiger partial charge in [0.25, 0.3) is 0 Å². The highest BCUT2D eigenvalue weighted by atomic mass is 19.1. The molecule has 4 aromatic rings. The standard InChI is InChI=1S/C33H30F3N5O5/c1-2-22-24(35)5-4-17-8-20(42)9-23(25(17)22)28-27(36)29-26-30(41-12-21(43)15-44-13-19(41)14-45-31(26)37-28)39-32(38-29)46-16-33-6-3-7-40(33)11-18(34)10-33/h1,4-5,8-9,18-19,21,42-43H,3,6-7,10-16H2/t18-,19+,21+,33+/m1/s1. The first kappa shape index (κ1) is 29.1. The van der Waals surface area contributed by atoms with Crippen LogP contribution in [0, 0.1) is 24.0 Å². The van der Waals surface area contributed by atoms with Crippen LogP contribution >= 0.6 is 0 Å². The number of aliphatic hydroxyl groups is 1. The number of phenolic OH excluding ortho intramolecular Hbond substituents is 1. The summed E-state index contributed by atoms with van der Waals surface area (Å²) in [6, 6.07) is 4.73. The molecule has 2 N–H and O–H groups in total. The van der Waals surface area contributed by atoms with Crippen LogP contribution in [0.4, 0.5) is 19.0 Å². The monoisotopic (exact) mass is 633 g/mol. The van der Waals surface area contributed by atoms with Gasteiger partial charge in [0, 0.05) is 30.5 Å². The lowest BCUT2D eigenvalue weighted by Gasteiger charge is -2.31. The summed E-state index contributed by atoms with van der Waals surface area (Å²) in [7, 11) is 0. The van der Waals surface area contributed by atoms with Crippen LogP contribution in [0.1, 0.15) is 24.8 Å². The Hall–Kier alpha value is -4.38. The largest absolute Gasteiger partial charge is 0.508 e. The van der Waals surface area contributed by atoms with E-state index in [1.807, 2.05) is 0 Å². The number of terminal acetylenes is 1. The second-order valence-corrected chi connectivity index (χ2v) is 12.5. The van der Waals surface area contributed by atoms with Crippen molar-refractivity contribution in [2.45, 2.75) is 43.1 Å². The number of hydrogen-bond donors (Lipinski definition) is 2. The maximum Gasteiger partial charge on any atom is 0.319 e. The fourth-order valence-electron chi connectivity index (χ4n) is 7.49. The van der Waals surface area contributed by atoms with Gasteiger partial charge in [0.05, 0.1) is 36.5 Å². The quantitative estimate of drug-likeness (QED) is 0.323. The van der Waals surface area contributed by atoms with E-state index in [-0.39, 0.29) is 89.5 Å². The van der Waals surface area contributed by atoms with E-state index in [0.717, 1.165) is 19.4 Å². The van der Waals surface area contributed by atoms with Crippen molar-refractivity contribution in [3.63, 3.8) is 0 Å². The summed E-state index contributed by atoms with van der Waals surface area (Å²) in [5.41, 5.74) is -1.04. The SMILES string of the molecule is C#Cc1c(F)ccc2cc(O)cc(-c3nc4c5c(nc(OC[C@@]67CCCN6C[C@H](F)C7)nc5c3F)N3C[C@H](O)COC[C@H]3CO4)c12. The topological polar surface area (TPSA) is 113 Å². The van der Waals surface area contributed by atoms with E-state index in [1.54, 1.807) is 4.90 Å². The number of fused-ring (bicyclic) bond motifs is 4. The third-order valence-corrected chi connectivity index (χ3v) is 9.55. The summed E-state index contributed by atoms with van der Waals surface area (Å²) in [6.07, 6.45) is 5.85. The molecule has 2 aromatic carbocycles. The molecular weight excluding hydrogens is 603 g/mol. The number of aromatic nitrogens is 3. The van der Waals surface area contributed by atoms with E-state index in [0.29, 0.717) is 18.4 Å². The van der Waals surface area contributed by atoms with Gasteiger partial charge in [0.15, 0.2) is 5.82 Å². The van der Waals surface area contributed by atoms with Gasteiger partial charge >= 0.3 is 6.01 Å². The van der Waals surface area contributed by atoms with Crippen molar-refractivity contribution < 1.29 is 37.6 Å². The molecule has 3 fully saturated rings. The van der Waals surface area contributed by atoms with Crippen molar-refractivity contribution in [1.29, 1.82) is 0 Å². The van der Waals surface area contributed by atoms with Crippen LogP contribution in [-0.2, 0) is 4.74 Å². The molecule has 4 atom stereocenters. The number of benzene rings is 2. The molecule has 4 aliphatic heterocycles. The number of alkyl halides is 1. The van der Waals surface area contributed by atoms with Gasteiger partial charge in [-0.2, -0.15) is 9.97 Å². The van der Waals surface area contributed by atoms with Gasteiger partial charge in [0.1, 0.15) is 53.4 Å². The second kappa shape index (κ2) is 10.9. The zero-order valence-electron chi connectivity index (χ0n) is 24.7. The summed E-state index contributed by atoms with van der Waals surface area (Å²) in [5, 5.41) is 21.9. The van der Waals surface area contributed by atoms with Crippen LogP contribution in [-0.4, -0.2) is 100.0 Å². The van der Waals surface area contributed by atoms with Gasteiger partial charge < -0.3 is 29.3 Å². The van der Waals surface area contributed by atoms with E-state index in [9.17, 15) is 19.0 Å². The summed E-state index contributed by atoms with van der Waals surface area (Å²) >= 11 is 0. The minimum Gasteiger partial charge on any atom is -0.508 e. The van der Waals surface area contributed by atoms with Crippen molar-refractivity contribution in [1.82, 2.24) is 19.9 Å². The molecule has 0 saturated carbocycles. The molecule has 0 unspecified atom stereocenters. The molecular formula is C33H30F3N5O5. The highest BCUT2D eigenvalue weighted by molar-refractivity contribution is 6.04. The third-order valence-electron chi connectivity index (χ3n) is 9.55. The molecule has 4 aliphatic rings. The van der Waals surface area contributed by atoms with E-state index < -0.39 is 35.5 Å². The highest BCUT2D eigenvalue weighted by Gasteiger charge is 2.49. The highest BCUT2D eigenvalue weighted by Crippen LogP contribution is 2.44. The first-order chi connectivity index (χ1) is 22.2. The molecule has 0 aliphatic carbocycles. The molecule has 10 nitrogen and oxygen atoms in total. The molecule has 0 amide bonds. The van der Waals surface area contributed by atoms with Crippen LogP contribution in [0.3, 0.4) is 0 Å². The predicted molar refractivity (Wildman–Crippen MR) is 162 cm³/mol. The summed E-state index contributed by atoms with van der Waals surface area (Å²) in [5.74, 6) is 0.792. The molecule has 238 valence electrons. The number of halogens is 3. The predicted octanol–water partition coefficient (Wildman–Crippen LogP) is 3.72. The number of rotatable bonds is 4. The van der Waals surface area contributed by atoms with Crippen LogP contribution < -0.4 is 14.4 Å². The molecule has 0 spiro atoms. The minimum atomic E-state index is -0.967. The number of pyridine rings is 1. The van der Waals surface area contributed by atoms with Crippen molar-refractivity contribution in [3.05, 3.63) is 41.5 Å². The number of ether oxygens (including phenoxy) is 3. The van der Waals surface area contributed by atoms with Crippen LogP contribution in [0.15, 0.2) is 24.3 Å². The van der Waals surface area contributed by atoms with E-state index >= 15 is 4.39 Å². The van der Waals surface area contributed by atoms with Gasteiger partial charge in [-0.3, -0.25) is 4.90 Å². The van der Waals surface area contributed by atoms with Crippen LogP contribution in [0.25, 0.3) is 32.9 Å². The number of aliphatic hydroxyl groups excluding tert-OH is 1. The first-order valence-corrected chi connectivity index (χ1v) is 15.3. The van der Waals surface area contributed by atoms with Gasteiger partial charge in [-0.1, -0.05) is 12.0 Å². The number of hydrogen-bond acceptors (Lipinski definition) is 10. The Morgan fingerprint density at radius 3 is 2.83 bits per heavy atom. The number of nitrogens with zero attached hydrogens (tertiary/aromatic N) is 5. The van der Waals surface area contributed by atoms with E-state index in [4.69, 9.17) is 25.6 Å². The molecule has 2 aromatic heterocycles. The summed E-state index contributed by atoms with van der Waals surface area (Å²) in [4.78, 5) is 17.6. The number of anilines is 1. The first-order valence-electron chi connectivity index (χ1n) is 15.3. The van der Waals surface area contributed by atoms with Crippen molar-refractivity contribution >= 4 is 27.5 Å². The molecule has 0 radical (unpaired) electrons. The Balaban J connectivity index is 1.34.